The summed E-state index contributed by atoms with van der Waals surface area (Å²) < 4.78 is 39.0. The largest absolute Gasteiger partial charge is 0.495 e. The first-order valence-corrected chi connectivity index (χ1v) is 11.1. The monoisotopic (exact) mass is 460 g/mol. The zero-order chi connectivity index (χ0) is 22.4. The Kier molecular flexibility index (Phi) is 7.04. The van der Waals surface area contributed by atoms with Crippen molar-refractivity contribution in [2.45, 2.75) is 11.8 Å². The molecule has 0 aliphatic rings. The Morgan fingerprint density at radius 2 is 1.68 bits per heavy atom. The Bertz CT molecular complexity index is 1200. The molecule has 7 nitrogen and oxygen atoms in total. The van der Waals surface area contributed by atoms with Gasteiger partial charge in [-0.3, -0.25) is 9.52 Å². The van der Waals surface area contributed by atoms with Crippen molar-refractivity contribution in [3.8, 4) is 11.5 Å². The molecule has 162 valence electrons. The number of carbonyl (C=O) groups is 1. The average Bonchev–Trinajstić information content (AvgIpc) is 2.74. The van der Waals surface area contributed by atoms with Crippen molar-refractivity contribution in [1.82, 2.24) is 0 Å². The Hall–Kier alpha value is -3.23. The van der Waals surface area contributed by atoms with E-state index in [0.717, 1.165) is 0 Å². The fourth-order valence-corrected chi connectivity index (χ4v) is 4.33. The Morgan fingerprint density at radius 1 is 1.00 bits per heavy atom. The van der Waals surface area contributed by atoms with Crippen LogP contribution in [-0.4, -0.2) is 28.0 Å². The summed E-state index contributed by atoms with van der Waals surface area (Å²) in [6.45, 7) is 1.39. The number of methoxy groups -OCH3 is 1. The second kappa shape index (κ2) is 9.72. The first kappa shape index (κ1) is 22.5. The number of aryl methyl sites for hydroxylation is 1. The number of rotatable bonds is 8. The van der Waals surface area contributed by atoms with E-state index in [4.69, 9.17) is 21.1 Å². The Labute approximate surface area is 186 Å². The van der Waals surface area contributed by atoms with Gasteiger partial charge < -0.3 is 14.8 Å². The van der Waals surface area contributed by atoms with E-state index in [1.54, 1.807) is 67.6 Å². The van der Waals surface area contributed by atoms with E-state index in [-0.39, 0.29) is 11.5 Å². The van der Waals surface area contributed by atoms with Crippen LogP contribution in [0.15, 0.2) is 71.6 Å². The fraction of sp³-hybridized carbons (Fsp3) is 0.136. The van der Waals surface area contributed by atoms with E-state index in [0.29, 0.717) is 33.5 Å². The normalized spacial score (nSPS) is 10.9. The summed E-state index contributed by atoms with van der Waals surface area (Å²) >= 11 is 6.01. The molecular formula is C22H21ClN2O5S. The minimum absolute atomic E-state index is 0.0308. The van der Waals surface area contributed by atoms with Crippen LogP contribution in [0.2, 0.25) is 5.02 Å². The van der Waals surface area contributed by atoms with Crippen LogP contribution in [0, 0.1) is 6.92 Å². The maximum Gasteiger partial charge on any atom is 0.262 e. The number of sulfonamides is 1. The highest BCUT2D eigenvalue weighted by molar-refractivity contribution is 7.92. The lowest BCUT2D eigenvalue weighted by Gasteiger charge is -2.14. The van der Waals surface area contributed by atoms with Crippen LogP contribution < -0.4 is 19.5 Å². The third-order valence-corrected chi connectivity index (χ3v) is 6.13. The molecule has 3 rings (SSSR count). The summed E-state index contributed by atoms with van der Waals surface area (Å²) in [5.41, 5.74) is 1.15. The third-order valence-electron chi connectivity index (χ3n) is 4.31. The van der Waals surface area contributed by atoms with Gasteiger partial charge in [-0.05, 0) is 48.9 Å². The number of amides is 1. The zero-order valence-corrected chi connectivity index (χ0v) is 18.5. The molecule has 0 saturated heterocycles. The third kappa shape index (κ3) is 5.68. The minimum Gasteiger partial charge on any atom is -0.495 e. The van der Waals surface area contributed by atoms with Crippen molar-refractivity contribution in [3.63, 3.8) is 0 Å². The van der Waals surface area contributed by atoms with Crippen LogP contribution in [0.1, 0.15) is 5.56 Å². The predicted octanol–water partition coefficient (Wildman–Crippen LogP) is 4.48. The number of hydrogen-bond acceptors (Lipinski definition) is 5. The van der Waals surface area contributed by atoms with Gasteiger partial charge in [0.1, 0.15) is 11.5 Å². The van der Waals surface area contributed by atoms with Crippen molar-refractivity contribution >= 4 is 38.9 Å². The molecule has 9 heteroatoms. The number of ether oxygens (including phenoxy) is 2. The number of benzene rings is 3. The molecule has 0 bridgehead atoms. The van der Waals surface area contributed by atoms with Gasteiger partial charge in [-0.25, -0.2) is 8.42 Å². The standard InChI is InChI=1S/C22H21ClN2O5S/c1-15-11-12-16(24-22(26)14-30-19-9-5-3-7-17(19)23)13-21(15)31(27,28)25-18-8-4-6-10-20(18)29-2/h3-13,25H,14H2,1-2H3,(H,24,26). The summed E-state index contributed by atoms with van der Waals surface area (Å²) in [6, 6.07) is 18.1. The molecule has 31 heavy (non-hydrogen) atoms. The molecule has 2 N–H and O–H groups in total. The lowest BCUT2D eigenvalue weighted by molar-refractivity contribution is -0.118. The molecule has 0 spiro atoms. The SMILES string of the molecule is COc1ccccc1NS(=O)(=O)c1cc(NC(=O)COc2ccccc2Cl)ccc1C. The summed E-state index contributed by atoms with van der Waals surface area (Å²) in [6.07, 6.45) is 0. The fourth-order valence-electron chi connectivity index (χ4n) is 2.80. The van der Waals surface area contributed by atoms with Gasteiger partial charge in [0.05, 0.1) is 22.7 Å². The number of anilines is 2. The van der Waals surface area contributed by atoms with E-state index < -0.39 is 15.9 Å². The molecule has 0 aromatic heterocycles. The second-order valence-electron chi connectivity index (χ2n) is 6.55. The highest BCUT2D eigenvalue weighted by atomic mass is 35.5. The predicted molar refractivity (Wildman–Crippen MR) is 121 cm³/mol. The van der Waals surface area contributed by atoms with Crippen LogP contribution in [-0.2, 0) is 14.8 Å². The average molecular weight is 461 g/mol. The molecule has 0 heterocycles. The van der Waals surface area contributed by atoms with Gasteiger partial charge >= 0.3 is 0 Å². The molecule has 0 radical (unpaired) electrons. The molecule has 0 aliphatic carbocycles. The van der Waals surface area contributed by atoms with E-state index in [1.165, 1.54) is 13.2 Å². The van der Waals surface area contributed by atoms with Crippen LogP contribution in [0.5, 0.6) is 11.5 Å². The molecule has 0 aliphatic heterocycles. The number of hydrogen-bond donors (Lipinski definition) is 2. The first-order valence-electron chi connectivity index (χ1n) is 9.24. The van der Waals surface area contributed by atoms with Crippen LogP contribution >= 0.6 is 11.6 Å². The maximum absolute atomic E-state index is 13.0. The topological polar surface area (TPSA) is 93.7 Å². The van der Waals surface area contributed by atoms with E-state index in [1.807, 2.05) is 0 Å². The summed E-state index contributed by atoms with van der Waals surface area (Å²) in [5, 5.41) is 3.02. The second-order valence-corrected chi connectivity index (χ2v) is 8.61. The quantitative estimate of drug-likeness (QED) is 0.517. The van der Waals surface area contributed by atoms with Crippen molar-refractivity contribution in [2.24, 2.45) is 0 Å². The summed E-state index contributed by atoms with van der Waals surface area (Å²) in [5.74, 6) is 0.321. The highest BCUT2D eigenvalue weighted by Gasteiger charge is 2.20. The van der Waals surface area contributed by atoms with Gasteiger partial charge in [-0.15, -0.1) is 0 Å². The van der Waals surface area contributed by atoms with Gasteiger partial charge in [-0.1, -0.05) is 41.9 Å². The van der Waals surface area contributed by atoms with Gasteiger partial charge in [0.2, 0.25) is 0 Å². The number of para-hydroxylation sites is 3. The smallest absolute Gasteiger partial charge is 0.262 e. The minimum atomic E-state index is -3.93. The van der Waals surface area contributed by atoms with Crippen LogP contribution in [0.25, 0.3) is 0 Å². The highest BCUT2D eigenvalue weighted by Crippen LogP contribution is 2.28. The van der Waals surface area contributed by atoms with Crippen molar-refractivity contribution < 1.29 is 22.7 Å². The number of carbonyl (C=O) groups excluding carboxylic acids is 1. The zero-order valence-electron chi connectivity index (χ0n) is 16.9. The molecule has 1 amide bonds. The van der Waals surface area contributed by atoms with Gasteiger partial charge in [0, 0.05) is 5.69 Å². The molecular weight excluding hydrogens is 440 g/mol. The summed E-state index contributed by atoms with van der Waals surface area (Å²) in [4.78, 5) is 12.3. The van der Waals surface area contributed by atoms with Gasteiger partial charge in [-0.2, -0.15) is 0 Å². The lowest BCUT2D eigenvalue weighted by Crippen LogP contribution is -2.21. The van der Waals surface area contributed by atoms with E-state index in [2.05, 4.69) is 10.0 Å². The Balaban J connectivity index is 1.75. The first-order chi connectivity index (χ1) is 14.8. The lowest BCUT2D eigenvalue weighted by atomic mass is 10.2. The number of nitrogens with one attached hydrogen (secondary N) is 2. The van der Waals surface area contributed by atoms with Gasteiger partial charge in [0.15, 0.2) is 6.61 Å². The number of halogens is 1. The van der Waals surface area contributed by atoms with Crippen molar-refractivity contribution in [1.29, 1.82) is 0 Å². The Morgan fingerprint density at radius 3 is 2.39 bits per heavy atom. The molecule has 0 unspecified atom stereocenters. The van der Waals surface area contributed by atoms with Crippen molar-refractivity contribution in [2.75, 3.05) is 23.8 Å². The van der Waals surface area contributed by atoms with E-state index >= 15 is 0 Å². The van der Waals surface area contributed by atoms with Crippen LogP contribution in [0.4, 0.5) is 11.4 Å². The molecule has 3 aromatic carbocycles. The molecule has 0 saturated carbocycles. The molecule has 0 atom stereocenters. The van der Waals surface area contributed by atoms with Crippen molar-refractivity contribution in [3.05, 3.63) is 77.3 Å². The maximum atomic E-state index is 13.0. The van der Waals surface area contributed by atoms with Crippen LogP contribution in [0.3, 0.4) is 0 Å². The van der Waals surface area contributed by atoms with E-state index in [9.17, 15) is 13.2 Å². The molecule has 3 aromatic rings. The molecule has 0 fully saturated rings. The van der Waals surface area contributed by atoms with Gasteiger partial charge in [0.25, 0.3) is 15.9 Å². The summed E-state index contributed by atoms with van der Waals surface area (Å²) in [7, 11) is -2.47.